The average Bonchev–Trinajstić information content (AvgIpc) is 2.94. The van der Waals surface area contributed by atoms with Gasteiger partial charge in [0.25, 0.3) is 0 Å². The number of hydrogen-bond acceptors (Lipinski definition) is 3. The number of fused-ring (bicyclic) bond motifs is 3. The molecular weight excluding hydrogens is 455 g/mol. The topological polar surface area (TPSA) is 27.7 Å². The minimum Gasteiger partial charge on any atom is -0.489 e. The van der Waals surface area contributed by atoms with Crippen LogP contribution in [-0.2, 0) is 0 Å². The molecule has 0 fully saturated rings. The van der Waals surface area contributed by atoms with Gasteiger partial charge in [0.05, 0.1) is 0 Å². The molecule has 0 bridgehead atoms. The Morgan fingerprint density at radius 3 is 0.919 bits per heavy atom. The van der Waals surface area contributed by atoms with Crippen LogP contribution < -0.4 is 14.0 Å². The van der Waals surface area contributed by atoms with E-state index in [2.05, 4.69) is 75.4 Å². The second-order valence-electron chi connectivity index (χ2n) is 9.42. The quantitative estimate of drug-likeness (QED) is 0.223. The van der Waals surface area contributed by atoms with E-state index in [1.165, 1.54) is 16.7 Å². The molecule has 6 rings (SSSR count). The third kappa shape index (κ3) is 4.36. The fraction of sp³-hybridized carbons (Fsp3) is 0.0909. The van der Waals surface area contributed by atoms with Crippen molar-refractivity contribution >= 4 is 39.6 Å². The second-order valence-corrected chi connectivity index (χ2v) is 9.42. The molecule has 3 nitrogen and oxygen atoms in total. The highest BCUT2D eigenvalue weighted by Crippen LogP contribution is 2.33. The molecule has 0 amide bonds. The summed E-state index contributed by atoms with van der Waals surface area (Å²) in [4.78, 5) is 0. The normalized spacial score (nSPS) is 11.1. The molecule has 0 atom stereocenters. The van der Waals surface area contributed by atoms with Crippen LogP contribution in [0.5, 0.6) is 17.2 Å². The first-order valence-corrected chi connectivity index (χ1v) is 12.5. The van der Waals surface area contributed by atoms with Crippen LogP contribution in [0.25, 0.3) is 32.3 Å². The van der Waals surface area contributed by atoms with E-state index in [0.29, 0.717) is 17.2 Å². The number of benzene rings is 6. The Kier molecular flexibility index (Phi) is 5.94. The lowest BCUT2D eigenvalue weighted by Crippen LogP contribution is -2.37. The smallest absolute Gasteiger partial charge is 0.489 e. The van der Waals surface area contributed by atoms with Crippen LogP contribution in [0.3, 0.4) is 0 Å². The van der Waals surface area contributed by atoms with Gasteiger partial charge >= 0.3 is 7.32 Å². The highest BCUT2D eigenvalue weighted by Gasteiger charge is 2.32. The maximum atomic E-state index is 6.50. The number of rotatable bonds is 6. The molecule has 0 aromatic heterocycles. The summed E-state index contributed by atoms with van der Waals surface area (Å²) in [5.74, 6) is 2.12. The molecule has 0 unspecified atom stereocenters. The summed E-state index contributed by atoms with van der Waals surface area (Å²) in [6.07, 6.45) is 0. The van der Waals surface area contributed by atoms with Crippen LogP contribution in [0, 0.1) is 20.8 Å². The predicted molar refractivity (Wildman–Crippen MR) is 154 cm³/mol. The summed E-state index contributed by atoms with van der Waals surface area (Å²) in [7, 11) is -1.01. The zero-order valence-electron chi connectivity index (χ0n) is 21.2. The molecule has 0 aliphatic heterocycles. The van der Waals surface area contributed by atoms with Crippen molar-refractivity contribution < 1.29 is 14.0 Å². The Labute approximate surface area is 217 Å². The van der Waals surface area contributed by atoms with Gasteiger partial charge in [-0.15, -0.1) is 0 Å². The number of hydrogen-bond donors (Lipinski definition) is 0. The molecule has 6 aromatic rings. The van der Waals surface area contributed by atoms with Gasteiger partial charge < -0.3 is 14.0 Å². The van der Waals surface area contributed by atoms with Gasteiger partial charge in [-0.2, -0.15) is 0 Å². The van der Waals surface area contributed by atoms with Crippen molar-refractivity contribution in [3.63, 3.8) is 0 Å². The van der Waals surface area contributed by atoms with E-state index in [4.69, 9.17) is 14.0 Å². The van der Waals surface area contributed by atoms with Crippen LogP contribution in [0.1, 0.15) is 16.7 Å². The van der Waals surface area contributed by atoms with E-state index in [-0.39, 0.29) is 0 Å². The van der Waals surface area contributed by atoms with Crippen LogP contribution in [0.15, 0.2) is 109 Å². The van der Waals surface area contributed by atoms with Gasteiger partial charge in [0, 0.05) is 16.2 Å². The van der Waals surface area contributed by atoms with E-state index in [1.54, 1.807) is 0 Å². The molecule has 6 aromatic carbocycles. The summed E-state index contributed by atoms with van der Waals surface area (Å²) < 4.78 is 19.5. The van der Waals surface area contributed by atoms with Gasteiger partial charge in [-0.1, -0.05) is 91.0 Å². The SMILES string of the molecule is Cc1ccc(OB(Oc2ccc(C)c3ccccc23)Oc2ccc(C)c3ccccc23)c2ccccc12. The fourth-order valence-electron chi connectivity index (χ4n) is 4.96. The third-order valence-corrected chi connectivity index (χ3v) is 6.98. The molecule has 4 heteroatoms. The highest BCUT2D eigenvalue weighted by molar-refractivity contribution is 6.40. The lowest BCUT2D eigenvalue weighted by molar-refractivity contribution is 0.312. The van der Waals surface area contributed by atoms with Gasteiger partial charge in [0.2, 0.25) is 0 Å². The second kappa shape index (κ2) is 9.55. The van der Waals surface area contributed by atoms with Gasteiger partial charge in [0.1, 0.15) is 17.2 Å². The molecule has 0 aliphatic rings. The Hall–Kier alpha value is -4.44. The lowest BCUT2D eigenvalue weighted by atomic mass is 10.0. The molecule has 37 heavy (non-hydrogen) atoms. The summed E-state index contributed by atoms with van der Waals surface area (Å²) in [5, 5.41) is 6.47. The largest absolute Gasteiger partial charge is 0.864 e. The Bertz CT molecular complexity index is 1550. The first kappa shape index (κ1) is 23.0. The molecule has 0 spiro atoms. The van der Waals surface area contributed by atoms with Crippen molar-refractivity contribution in [2.75, 3.05) is 0 Å². The molecule has 0 heterocycles. The van der Waals surface area contributed by atoms with Crippen LogP contribution in [0.4, 0.5) is 0 Å². The van der Waals surface area contributed by atoms with Gasteiger partial charge in [-0.3, -0.25) is 0 Å². The summed E-state index contributed by atoms with van der Waals surface area (Å²) in [6.45, 7) is 6.31. The molecule has 0 saturated heterocycles. The van der Waals surface area contributed by atoms with E-state index in [9.17, 15) is 0 Å². The van der Waals surface area contributed by atoms with Crippen molar-refractivity contribution in [1.29, 1.82) is 0 Å². The van der Waals surface area contributed by atoms with Crippen LogP contribution in [0.2, 0.25) is 0 Å². The van der Waals surface area contributed by atoms with E-state index < -0.39 is 7.32 Å². The summed E-state index contributed by atoms with van der Waals surface area (Å²) in [5.41, 5.74) is 3.57. The maximum absolute atomic E-state index is 6.50. The van der Waals surface area contributed by atoms with Crippen molar-refractivity contribution in [3.05, 3.63) is 126 Å². The summed E-state index contributed by atoms with van der Waals surface area (Å²) in [6, 6.07) is 36.9. The Balaban J connectivity index is 1.45. The minimum absolute atomic E-state index is 0.707. The predicted octanol–water partition coefficient (Wildman–Crippen LogP) is 8.59. The first-order valence-electron chi connectivity index (χ1n) is 12.5. The highest BCUT2D eigenvalue weighted by atomic mass is 16.7. The van der Waals surface area contributed by atoms with E-state index in [0.717, 1.165) is 32.3 Å². The third-order valence-electron chi connectivity index (χ3n) is 6.98. The zero-order valence-corrected chi connectivity index (χ0v) is 21.2. The molecule has 0 saturated carbocycles. The maximum Gasteiger partial charge on any atom is 0.864 e. The van der Waals surface area contributed by atoms with E-state index in [1.807, 2.05) is 54.6 Å². The van der Waals surface area contributed by atoms with Crippen molar-refractivity contribution in [2.24, 2.45) is 0 Å². The lowest BCUT2D eigenvalue weighted by Gasteiger charge is -2.20. The first-order chi connectivity index (χ1) is 18.1. The molecule has 0 aliphatic carbocycles. The zero-order chi connectivity index (χ0) is 25.4. The summed E-state index contributed by atoms with van der Waals surface area (Å²) >= 11 is 0. The molecular formula is C33H27BO3. The van der Waals surface area contributed by atoms with Crippen molar-refractivity contribution in [2.45, 2.75) is 20.8 Å². The Morgan fingerprint density at radius 1 is 0.351 bits per heavy atom. The van der Waals surface area contributed by atoms with Crippen LogP contribution in [-0.4, -0.2) is 7.32 Å². The monoisotopic (exact) mass is 482 g/mol. The standard InChI is InChI=1S/C33H27BO3/c1-22-16-19-31(28-13-7-4-10-25(22)28)35-34(36-32-20-17-23(2)26-11-5-8-14-29(26)32)37-33-21-18-24(3)27-12-6-9-15-30(27)33/h4-21H,1-3H3. The number of aryl methyl sites for hydroxylation is 3. The van der Waals surface area contributed by atoms with Gasteiger partial charge in [0.15, 0.2) is 0 Å². The fourth-order valence-corrected chi connectivity index (χ4v) is 4.96. The van der Waals surface area contributed by atoms with Crippen molar-refractivity contribution in [1.82, 2.24) is 0 Å². The molecule has 0 radical (unpaired) electrons. The van der Waals surface area contributed by atoms with Gasteiger partial charge in [-0.25, -0.2) is 0 Å². The average molecular weight is 482 g/mol. The minimum atomic E-state index is -1.01. The Morgan fingerprint density at radius 2 is 0.622 bits per heavy atom. The van der Waals surface area contributed by atoms with Crippen molar-refractivity contribution in [3.8, 4) is 17.2 Å². The van der Waals surface area contributed by atoms with Crippen LogP contribution >= 0.6 is 0 Å². The molecule has 0 N–H and O–H groups in total. The van der Waals surface area contributed by atoms with Gasteiger partial charge in [-0.05, 0) is 71.8 Å². The molecule has 180 valence electrons. The van der Waals surface area contributed by atoms with E-state index >= 15 is 0 Å².